The highest BCUT2D eigenvalue weighted by Gasteiger charge is 2.68. The molecule has 48 heavy (non-hydrogen) atoms. The maximum Gasteiger partial charge on any atom is 0.481 e. The fourth-order valence-corrected chi connectivity index (χ4v) is 8.74. The summed E-state index contributed by atoms with van der Waals surface area (Å²) < 4.78 is 13.5. The standard InChI is InChI=1S/C38H47BN4O5/c1-23(2)17-32(39-46-31-19-27-18-30(36(27,4)5)37(31,6)47-39)42-35(45)38(20-26-13-8-7-11-24(26)3)21-28(43-48-38)22-41-34(44)33-29-14-10-9-12-25(29)15-16-40-33/h7-16,23,27,30-32H,17-22H2,1-6H3,(H,41,44)(H,42,45)/t27-,30-,31+,32-,37-,38?/m0/s1. The van der Waals surface area contributed by atoms with Crippen LogP contribution in [-0.4, -0.2) is 59.4 Å². The summed E-state index contributed by atoms with van der Waals surface area (Å²) in [6, 6.07) is 17.5. The van der Waals surface area contributed by atoms with Gasteiger partial charge in [0.1, 0.15) is 5.69 Å². The number of carbonyl (C=O) groups excluding carboxylic acids is 2. The van der Waals surface area contributed by atoms with E-state index in [1.54, 1.807) is 6.20 Å². The van der Waals surface area contributed by atoms with Gasteiger partial charge in [0.2, 0.25) is 5.60 Å². The van der Waals surface area contributed by atoms with Crippen LogP contribution in [0.5, 0.6) is 0 Å². The highest BCUT2D eigenvalue weighted by atomic mass is 16.7. The number of amides is 2. The van der Waals surface area contributed by atoms with E-state index in [9.17, 15) is 9.59 Å². The smallest absolute Gasteiger partial charge is 0.404 e. The van der Waals surface area contributed by atoms with Gasteiger partial charge in [-0.2, -0.15) is 0 Å². The zero-order chi connectivity index (χ0) is 33.8. The monoisotopic (exact) mass is 650 g/mol. The molecule has 3 heterocycles. The fraction of sp³-hybridized carbons (Fsp3) is 0.526. The molecule has 0 spiro atoms. The Morgan fingerprint density at radius 1 is 1.04 bits per heavy atom. The second kappa shape index (κ2) is 12.3. The summed E-state index contributed by atoms with van der Waals surface area (Å²) in [7, 11) is -0.550. The van der Waals surface area contributed by atoms with Crippen LogP contribution in [-0.2, 0) is 25.4 Å². The molecular weight excluding hydrogens is 603 g/mol. The van der Waals surface area contributed by atoms with Crippen molar-refractivity contribution in [2.24, 2.45) is 28.3 Å². The van der Waals surface area contributed by atoms with Crippen molar-refractivity contribution in [1.29, 1.82) is 0 Å². The average Bonchev–Trinajstić information content (AvgIpc) is 3.65. The molecule has 2 amide bonds. The Kier molecular flexibility index (Phi) is 8.39. The Labute approximate surface area is 283 Å². The van der Waals surface area contributed by atoms with Crippen LogP contribution in [0.25, 0.3) is 10.8 Å². The number of hydrogen-bond donors (Lipinski definition) is 2. The first-order valence-corrected chi connectivity index (χ1v) is 17.4. The molecule has 3 saturated carbocycles. The van der Waals surface area contributed by atoms with Gasteiger partial charge in [-0.05, 0) is 78.9 Å². The Hall–Kier alpha value is -3.76. The van der Waals surface area contributed by atoms with Crippen molar-refractivity contribution in [2.75, 3.05) is 6.54 Å². The van der Waals surface area contributed by atoms with E-state index in [-0.39, 0.29) is 47.8 Å². The quantitative estimate of drug-likeness (QED) is 0.267. The lowest BCUT2D eigenvalue weighted by molar-refractivity contribution is -0.199. The topological polar surface area (TPSA) is 111 Å². The summed E-state index contributed by atoms with van der Waals surface area (Å²) in [5.74, 6) is 0.434. The van der Waals surface area contributed by atoms with E-state index in [1.165, 1.54) is 0 Å². The minimum atomic E-state index is -1.29. The van der Waals surface area contributed by atoms with Crippen LogP contribution in [0, 0.1) is 30.1 Å². The molecule has 2 aliphatic heterocycles. The molecule has 5 aliphatic rings. The van der Waals surface area contributed by atoms with Crippen molar-refractivity contribution in [3.63, 3.8) is 0 Å². The molecule has 2 aromatic carbocycles. The molecule has 3 aromatic rings. The van der Waals surface area contributed by atoms with E-state index in [1.807, 2.05) is 61.5 Å². The van der Waals surface area contributed by atoms with Crippen LogP contribution >= 0.6 is 0 Å². The molecule has 10 heteroatoms. The normalized spacial score (nSPS) is 29.1. The van der Waals surface area contributed by atoms with Crippen molar-refractivity contribution in [1.82, 2.24) is 15.6 Å². The molecular formula is C38H47BN4O5. The van der Waals surface area contributed by atoms with Crippen molar-refractivity contribution >= 4 is 35.4 Å². The van der Waals surface area contributed by atoms with Gasteiger partial charge in [0.25, 0.3) is 11.8 Å². The average molecular weight is 651 g/mol. The van der Waals surface area contributed by atoms with Crippen LogP contribution in [0.1, 0.15) is 81.9 Å². The number of nitrogens with one attached hydrogen (secondary N) is 2. The number of pyridine rings is 1. The molecule has 2 N–H and O–H groups in total. The van der Waals surface area contributed by atoms with Crippen LogP contribution in [0.3, 0.4) is 0 Å². The zero-order valence-electron chi connectivity index (χ0n) is 28.9. The predicted molar refractivity (Wildman–Crippen MR) is 186 cm³/mol. The van der Waals surface area contributed by atoms with E-state index >= 15 is 0 Å². The summed E-state index contributed by atoms with van der Waals surface area (Å²) in [5, 5.41) is 12.4. The number of carbonyl (C=O) groups is 2. The number of aromatic nitrogens is 1. The fourth-order valence-electron chi connectivity index (χ4n) is 8.74. The summed E-state index contributed by atoms with van der Waals surface area (Å²) >= 11 is 0. The van der Waals surface area contributed by atoms with Gasteiger partial charge in [0.05, 0.1) is 29.9 Å². The van der Waals surface area contributed by atoms with Gasteiger partial charge in [0.15, 0.2) is 0 Å². The van der Waals surface area contributed by atoms with Gasteiger partial charge in [-0.15, -0.1) is 0 Å². The molecule has 1 aromatic heterocycles. The maximum atomic E-state index is 14.5. The number of aryl methyl sites for hydroxylation is 1. The van der Waals surface area contributed by atoms with E-state index in [4.69, 9.17) is 14.1 Å². The minimum absolute atomic E-state index is 0.0178. The highest BCUT2D eigenvalue weighted by molar-refractivity contribution is 6.48. The first kappa shape index (κ1) is 32.8. The summed E-state index contributed by atoms with van der Waals surface area (Å²) in [5.41, 5.74) is 1.56. The molecule has 1 saturated heterocycles. The second-order valence-corrected chi connectivity index (χ2v) is 15.6. The molecule has 8 rings (SSSR count). The number of hydrogen-bond acceptors (Lipinski definition) is 7. The third kappa shape index (κ3) is 5.70. The predicted octanol–water partition coefficient (Wildman–Crippen LogP) is 5.83. The lowest BCUT2D eigenvalue weighted by Crippen LogP contribution is -2.65. The zero-order valence-corrected chi connectivity index (χ0v) is 28.9. The third-order valence-corrected chi connectivity index (χ3v) is 11.7. The van der Waals surface area contributed by atoms with E-state index in [0.717, 1.165) is 34.7 Å². The molecule has 252 valence electrons. The van der Waals surface area contributed by atoms with Gasteiger partial charge in [-0.25, -0.2) is 0 Å². The van der Waals surface area contributed by atoms with Crippen LogP contribution in [0.4, 0.5) is 0 Å². The van der Waals surface area contributed by atoms with Crippen LogP contribution < -0.4 is 10.6 Å². The Balaban J connectivity index is 1.09. The van der Waals surface area contributed by atoms with Crippen molar-refractivity contribution < 1.29 is 23.7 Å². The Morgan fingerprint density at radius 3 is 2.58 bits per heavy atom. The molecule has 2 bridgehead atoms. The van der Waals surface area contributed by atoms with Gasteiger partial charge in [0, 0.05) is 24.4 Å². The van der Waals surface area contributed by atoms with E-state index < -0.39 is 12.7 Å². The lowest BCUT2D eigenvalue weighted by Gasteiger charge is -2.64. The molecule has 9 nitrogen and oxygen atoms in total. The molecule has 1 unspecified atom stereocenters. The SMILES string of the molecule is Cc1ccccc1CC1(C(=O)N[C@@H](CC(C)C)B2O[C@@H]3C[C@@H]4C[C@@H](C4(C)C)[C@]3(C)O2)CC(CNC(=O)c2nccc3ccccc23)=NO1. The van der Waals surface area contributed by atoms with Crippen molar-refractivity contribution in [2.45, 2.75) is 96.9 Å². The number of fused-ring (bicyclic) bond motifs is 1. The number of oxime groups is 1. The number of benzene rings is 2. The van der Waals surface area contributed by atoms with Gasteiger partial charge >= 0.3 is 7.12 Å². The van der Waals surface area contributed by atoms with Crippen molar-refractivity contribution in [3.05, 3.63) is 77.6 Å². The van der Waals surface area contributed by atoms with Crippen molar-refractivity contribution in [3.8, 4) is 0 Å². The largest absolute Gasteiger partial charge is 0.481 e. The summed E-state index contributed by atoms with van der Waals surface area (Å²) in [6.45, 7) is 13.4. The third-order valence-electron chi connectivity index (χ3n) is 11.7. The van der Waals surface area contributed by atoms with E-state index in [0.29, 0.717) is 42.0 Å². The molecule has 3 aliphatic carbocycles. The Bertz CT molecular complexity index is 1760. The number of rotatable bonds is 10. The van der Waals surface area contributed by atoms with Crippen LogP contribution in [0.2, 0.25) is 0 Å². The maximum absolute atomic E-state index is 14.5. The van der Waals surface area contributed by atoms with Gasteiger partial charge in [-0.1, -0.05) is 81.4 Å². The second-order valence-electron chi connectivity index (χ2n) is 15.6. The summed E-state index contributed by atoms with van der Waals surface area (Å²) in [4.78, 5) is 38.3. The lowest BCUT2D eigenvalue weighted by atomic mass is 9.43. The van der Waals surface area contributed by atoms with Crippen LogP contribution in [0.15, 0.2) is 65.9 Å². The number of nitrogens with zero attached hydrogens (tertiary/aromatic N) is 2. The highest BCUT2D eigenvalue weighted by Crippen LogP contribution is 2.65. The minimum Gasteiger partial charge on any atom is -0.404 e. The first-order chi connectivity index (χ1) is 22.9. The molecule has 6 atom stereocenters. The van der Waals surface area contributed by atoms with Gasteiger partial charge in [-0.3, -0.25) is 14.6 Å². The van der Waals surface area contributed by atoms with E-state index in [2.05, 4.69) is 55.4 Å². The van der Waals surface area contributed by atoms with Gasteiger partial charge < -0.3 is 24.8 Å². The Morgan fingerprint density at radius 2 is 1.81 bits per heavy atom. The molecule has 4 fully saturated rings. The molecule has 0 radical (unpaired) electrons. The summed E-state index contributed by atoms with van der Waals surface area (Å²) in [6.07, 6.45) is 5.05. The first-order valence-electron chi connectivity index (χ1n) is 17.4.